The molecule has 15 heavy (non-hydrogen) atoms. The fraction of sp³-hybridized carbons (Fsp3) is 0.154. The average molecular weight is 217 g/mol. The molecule has 0 saturated heterocycles. The molecule has 0 unspecified atom stereocenters. The Labute approximate surface area is 96.5 Å². The number of benzene rings is 1. The molecule has 0 aliphatic carbocycles. The van der Waals surface area contributed by atoms with E-state index in [1.54, 1.807) is 0 Å². The van der Waals surface area contributed by atoms with Crippen LogP contribution in [0.3, 0.4) is 0 Å². The zero-order valence-corrected chi connectivity index (χ0v) is 9.90. The monoisotopic (exact) mass is 217 g/mol. The summed E-state index contributed by atoms with van der Waals surface area (Å²) in [4.78, 5) is 0. The Morgan fingerprint density at radius 3 is 2.80 bits per heavy atom. The number of nitrogens with one attached hydrogen (secondary N) is 1. The molecule has 0 aromatic heterocycles. The second-order valence-electron chi connectivity index (χ2n) is 3.48. The molecule has 1 aromatic carbocycles. The minimum atomic E-state index is 0.809. The van der Waals surface area contributed by atoms with E-state index in [4.69, 9.17) is 12.2 Å². The van der Waals surface area contributed by atoms with Gasteiger partial charge in [-0.25, -0.2) is 0 Å². The lowest BCUT2D eigenvalue weighted by Gasteiger charge is -2.04. The van der Waals surface area contributed by atoms with Crippen molar-refractivity contribution in [1.29, 1.82) is 0 Å². The highest BCUT2D eigenvalue weighted by Gasteiger charge is 1.96. The Balaban J connectivity index is 2.88. The Morgan fingerprint density at radius 2 is 2.20 bits per heavy atom. The number of hydrogen-bond acceptors (Lipinski definition) is 1. The van der Waals surface area contributed by atoms with Crippen LogP contribution >= 0.6 is 12.2 Å². The highest BCUT2D eigenvalue weighted by molar-refractivity contribution is 7.78. The van der Waals surface area contributed by atoms with Crippen LogP contribution in [0, 0.1) is 6.92 Å². The van der Waals surface area contributed by atoms with Crippen LogP contribution in [-0.2, 0) is 0 Å². The third-order valence-corrected chi connectivity index (χ3v) is 2.23. The lowest BCUT2D eigenvalue weighted by Crippen LogP contribution is -2.05. The average Bonchev–Trinajstić information content (AvgIpc) is 2.18. The van der Waals surface area contributed by atoms with Crippen molar-refractivity contribution < 1.29 is 0 Å². The Hall–Kier alpha value is -1.41. The molecule has 0 saturated carbocycles. The van der Waals surface area contributed by atoms with E-state index in [1.807, 2.05) is 6.08 Å². The second-order valence-corrected chi connectivity index (χ2v) is 3.72. The van der Waals surface area contributed by atoms with E-state index in [2.05, 4.69) is 50.0 Å². The molecule has 0 bridgehead atoms. The zero-order valence-electron chi connectivity index (χ0n) is 9.08. The van der Waals surface area contributed by atoms with Crippen molar-refractivity contribution in [2.24, 2.45) is 0 Å². The minimum Gasteiger partial charge on any atom is -0.353 e. The Bertz CT molecular complexity index is 405. The lowest BCUT2D eigenvalue weighted by atomic mass is 10.0. The number of thiocarbonyl (C=S) groups is 1. The van der Waals surface area contributed by atoms with Crippen LogP contribution in [0.2, 0.25) is 0 Å². The lowest BCUT2D eigenvalue weighted by molar-refractivity contribution is 1.25. The smallest absolute Gasteiger partial charge is 0.0658 e. The van der Waals surface area contributed by atoms with Gasteiger partial charge < -0.3 is 5.32 Å². The predicted molar refractivity (Wildman–Crippen MR) is 70.8 cm³/mol. The minimum absolute atomic E-state index is 0.809. The summed E-state index contributed by atoms with van der Waals surface area (Å²) >= 11 is 4.69. The summed E-state index contributed by atoms with van der Waals surface area (Å²) < 4.78 is 0. The quantitative estimate of drug-likeness (QED) is 0.612. The first-order chi connectivity index (χ1) is 7.13. The van der Waals surface area contributed by atoms with Crippen LogP contribution in [0.1, 0.15) is 18.1 Å². The van der Waals surface area contributed by atoms with Crippen LogP contribution in [0.4, 0.5) is 0 Å². The summed E-state index contributed by atoms with van der Waals surface area (Å²) in [5.74, 6) is 0. The molecule has 0 fully saturated rings. The van der Waals surface area contributed by atoms with Gasteiger partial charge in [-0.1, -0.05) is 48.6 Å². The summed E-state index contributed by atoms with van der Waals surface area (Å²) in [5, 5.41) is 2.88. The highest BCUT2D eigenvalue weighted by Crippen LogP contribution is 2.15. The van der Waals surface area contributed by atoms with Crippen LogP contribution in [0.25, 0.3) is 5.57 Å². The van der Waals surface area contributed by atoms with Crippen molar-refractivity contribution in [3.63, 3.8) is 0 Å². The van der Waals surface area contributed by atoms with E-state index in [0.29, 0.717) is 0 Å². The third kappa shape index (κ3) is 3.68. The van der Waals surface area contributed by atoms with Crippen molar-refractivity contribution in [3.05, 3.63) is 53.7 Å². The molecule has 0 radical (unpaired) electrons. The molecule has 1 N–H and O–H groups in total. The van der Waals surface area contributed by atoms with E-state index in [1.165, 1.54) is 22.2 Å². The second kappa shape index (κ2) is 5.47. The maximum absolute atomic E-state index is 4.69. The van der Waals surface area contributed by atoms with Gasteiger partial charge in [0.05, 0.1) is 5.49 Å². The molecule has 0 spiro atoms. The van der Waals surface area contributed by atoms with Gasteiger partial charge >= 0.3 is 0 Å². The first kappa shape index (κ1) is 11.7. The largest absolute Gasteiger partial charge is 0.353 e. The summed E-state index contributed by atoms with van der Waals surface area (Å²) in [6.07, 6.45) is 1.98. The number of allylic oxidation sites excluding steroid dienone is 2. The Kier molecular flexibility index (Phi) is 4.25. The molecule has 1 nitrogen and oxygen atoms in total. The molecule has 0 atom stereocenters. The highest BCUT2D eigenvalue weighted by atomic mass is 32.1. The van der Waals surface area contributed by atoms with E-state index in [-0.39, 0.29) is 0 Å². The molecule has 2 heteroatoms. The van der Waals surface area contributed by atoms with Gasteiger partial charge in [0.1, 0.15) is 0 Å². The van der Waals surface area contributed by atoms with Gasteiger partial charge in [0.2, 0.25) is 0 Å². The third-order valence-electron chi connectivity index (χ3n) is 2.11. The summed E-state index contributed by atoms with van der Waals surface area (Å²) in [6, 6.07) is 8.37. The normalized spacial score (nSPS) is 10.9. The van der Waals surface area contributed by atoms with E-state index in [0.717, 1.165) is 5.70 Å². The zero-order chi connectivity index (χ0) is 11.3. The van der Waals surface area contributed by atoms with Crippen molar-refractivity contribution in [2.45, 2.75) is 13.8 Å². The van der Waals surface area contributed by atoms with Gasteiger partial charge in [0, 0.05) is 5.70 Å². The molecule has 0 heterocycles. The maximum Gasteiger partial charge on any atom is 0.0658 e. The van der Waals surface area contributed by atoms with Crippen LogP contribution in [0.15, 0.2) is 42.6 Å². The standard InChI is InChI=1S/C13H15NS/c1-10-5-4-6-13(7-10)11(2)8-12(3)14-9-15/h4-9H,3H2,1-2H3,(H,14,15)/b11-8+. The summed E-state index contributed by atoms with van der Waals surface area (Å²) in [7, 11) is 0. The van der Waals surface area contributed by atoms with E-state index < -0.39 is 0 Å². The number of rotatable bonds is 4. The van der Waals surface area contributed by atoms with Crippen LogP contribution in [-0.4, -0.2) is 5.49 Å². The molecule has 0 aliphatic heterocycles. The van der Waals surface area contributed by atoms with Gasteiger partial charge in [0.25, 0.3) is 0 Å². The van der Waals surface area contributed by atoms with Gasteiger partial charge in [-0.3, -0.25) is 0 Å². The van der Waals surface area contributed by atoms with Crippen LogP contribution in [0.5, 0.6) is 0 Å². The maximum atomic E-state index is 4.69. The fourth-order valence-electron chi connectivity index (χ4n) is 1.35. The van der Waals surface area contributed by atoms with Gasteiger partial charge in [-0.2, -0.15) is 0 Å². The SMILES string of the molecule is C=C(/C=C(\C)c1cccc(C)c1)NC=S. The summed E-state index contributed by atoms with van der Waals surface area (Å²) in [6.45, 7) is 7.99. The first-order valence-corrected chi connectivity index (χ1v) is 5.25. The fourth-order valence-corrected chi connectivity index (χ4v) is 1.50. The predicted octanol–water partition coefficient (Wildman–Crippen LogP) is 3.46. The van der Waals surface area contributed by atoms with Gasteiger partial charge in [0.15, 0.2) is 0 Å². The molecule has 1 rings (SSSR count). The van der Waals surface area contributed by atoms with Crippen molar-refractivity contribution in [3.8, 4) is 0 Å². The number of hydrogen-bond donors (Lipinski definition) is 1. The van der Waals surface area contributed by atoms with Crippen LogP contribution < -0.4 is 5.32 Å². The Morgan fingerprint density at radius 1 is 1.47 bits per heavy atom. The molecular weight excluding hydrogens is 202 g/mol. The van der Waals surface area contributed by atoms with Gasteiger partial charge in [-0.05, 0) is 31.1 Å². The van der Waals surface area contributed by atoms with Crippen molar-refractivity contribution in [2.75, 3.05) is 0 Å². The van der Waals surface area contributed by atoms with E-state index >= 15 is 0 Å². The molecule has 78 valence electrons. The first-order valence-electron chi connectivity index (χ1n) is 4.78. The summed E-state index contributed by atoms with van der Waals surface area (Å²) in [5.41, 5.74) is 5.91. The van der Waals surface area contributed by atoms with E-state index in [9.17, 15) is 0 Å². The molecule has 0 aliphatic rings. The molecule has 0 amide bonds. The molecule has 1 aromatic rings. The topological polar surface area (TPSA) is 12.0 Å². The number of aryl methyl sites for hydroxylation is 1. The van der Waals surface area contributed by atoms with Crippen molar-refractivity contribution in [1.82, 2.24) is 5.32 Å². The van der Waals surface area contributed by atoms with Gasteiger partial charge in [-0.15, -0.1) is 0 Å². The molecular formula is C13H15NS. The van der Waals surface area contributed by atoms with Crippen molar-refractivity contribution >= 4 is 23.3 Å².